The third kappa shape index (κ3) is 7.51. The molecule has 0 spiro atoms. The van der Waals surface area contributed by atoms with E-state index in [1.54, 1.807) is 0 Å². The molecule has 6 aromatic heterocycles. The third-order valence-corrected chi connectivity index (χ3v) is 21.3. The van der Waals surface area contributed by atoms with E-state index >= 15 is 0 Å². The average molecular weight is 1250 g/mol. The van der Waals surface area contributed by atoms with E-state index in [1.165, 1.54) is 169 Å². The molecule has 0 saturated carbocycles. The molecule has 0 radical (unpaired) electrons. The van der Waals surface area contributed by atoms with Crippen molar-refractivity contribution in [3.63, 3.8) is 0 Å². The molecule has 0 aliphatic heterocycles. The van der Waals surface area contributed by atoms with E-state index in [-0.39, 0.29) is 0 Å². The normalized spacial score (nSPS) is 12.3. The topological polar surface area (TPSA) is 29.6 Å². The number of hydrogen-bond acceptors (Lipinski definition) is 0. The van der Waals surface area contributed by atoms with E-state index in [1.807, 2.05) is 0 Å². The summed E-state index contributed by atoms with van der Waals surface area (Å²) in [6.45, 7) is 0. The van der Waals surface area contributed by atoms with Gasteiger partial charge in [0.25, 0.3) is 0 Å². The van der Waals surface area contributed by atoms with Crippen LogP contribution in [-0.2, 0) is 0 Å². The molecule has 0 atom stereocenters. The molecule has 0 saturated heterocycles. The van der Waals surface area contributed by atoms with Crippen LogP contribution in [0.2, 0.25) is 0 Å². The largest absolute Gasteiger partial charge is 0.309 e. The van der Waals surface area contributed by atoms with Crippen LogP contribution in [0, 0.1) is 0 Å². The van der Waals surface area contributed by atoms with Gasteiger partial charge >= 0.3 is 0 Å². The minimum absolute atomic E-state index is 1.13. The fraction of sp³-hybridized carbons (Fsp3) is 0. The zero-order chi connectivity index (χ0) is 63.8. The van der Waals surface area contributed by atoms with E-state index in [9.17, 15) is 0 Å². The first-order chi connectivity index (χ1) is 48.6. The van der Waals surface area contributed by atoms with Crippen molar-refractivity contribution in [3.8, 4) is 45.3 Å². The number of rotatable bonds is 7. The lowest BCUT2D eigenvalue weighted by Gasteiger charge is -2.13. The average Bonchev–Trinajstić information content (AvgIpc) is 1.60. The Hall–Kier alpha value is -13.2. The third-order valence-electron chi connectivity index (χ3n) is 21.3. The van der Waals surface area contributed by atoms with E-state index in [2.05, 4.69) is 367 Å². The quantitative estimate of drug-likeness (QED) is 0.152. The highest BCUT2D eigenvalue weighted by atomic mass is 15.0. The number of fused-ring (bicyclic) bond motifs is 20. The Morgan fingerprint density at radius 2 is 0.388 bits per heavy atom. The van der Waals surface area contributed by atoms with Gasteiger partial charge in [-0.25, -0.2) is 0 Å². The molecule has 6 heterocycles. The highest BCUT2D eigenvalue weighted by molar-refractivity contribution is 6.17. The number of hydrogen-bond donors (Lipinski definition) is 0. The van der Waals surface area contributed by atoms with Crippen molar-refractivity contribution >= 4 is 152 Å². The van der Waals surface area contributed by atoms with Gasteiger partial charge in [0.1, 0.15) is 0 Å². The standard InChI is InChI=1S/C92H56N6/c1-2-20-67-57(18-1)19-17-35-80(67)98-87-34-16-9-27-74(87)79-56-66(44-49-92(79)98)97-86-33-15-8-26-73(86)78-54-64(43-48-91(78)97)95-83-30-12-5-23-70(83)75-52-61(39-45-88(75)95)58-36-37-60-51-62(40-38-59(60)50-58)93-84-31-13-6-24-71(84)76-55-65(42-46-89(76)93)96-85-32-14-7-25-72(85)77-53-63(41-47-90(77)96)94-81-28-10-3-21-68(81)69-22-4-11-29-82(69)94/h1-56H. The van der Waals surface area contributed by atoms with Crippen molar-refractivity contribution in [1.82, 2.24) is 27.4 Å². The molecule has 0 unspecified atom stereocenters. The molecule has 98 heavy (non-hydrogen) atoms. The van der Waals surface area contributed by atoms with Gasteiger partial charge in [0.15, 0.2) is 0 Å². The maximum absolute atomic E-state index is 2.46. The maximum atomic E-state index is 2.46. The maximum Gasteiger partial charge on any atom is 0.0542 e. The monoisotopic (exact) mass is 1240 g/mol. The molecule has 0 fully saturated rings. The van der Waals surface area contributed by atoms with E-state index < -0.39 is 0 Å². The summed E-state index contributed by atoms with van der Waals surface area (Å²) >= 11 is 0. The van der Waals surface area contributed by atoms with Gasteiger partial charge in [-0.05, 0) is 179 Å². The van der Waals surface area contributed by atoms with Crippen molar-refractivity contribution < 1.29 is 0 Å². The lowest BCUT2D eigenvalue weighted by Crippen LogP contribution is -1.97. The molecule has 6 heteroatoms. The van der Waals surface area contributed by atoms with Crippen LogP contribution in [0.3, 0.4) is 0 Å². The molecule has 6 nitrogen and oxygen atoms in total. The highest BCUT2D eigenvalue weighted by Crippen LogP contribution is 2.44. The first-order valence-electron chi connectivity index (χ1n) is 33.8. The van der Waals surface area contributed by atoms with Gasteiger partial charge in [0.2, 0.25) is 0 Å². The van der Waals surface area contributed by atoms with Gasteiger partial charge in [-0.15, -0.1) is 0 Å². The van der Waals surface area contributed by atoms with Crippen LogP contribution >= 0.6 is 0 Å². The predicted octanol–water partition coefficient (Wildman–Crippen LogP) is 24.2. The van der Waals surface area contributed by atoms with Crippen LogP contribution in [0.25, 0.3) is 198 Å². The second kappa shape index (κ2) is 20.2. The van der Waals surface area contributed by atoms with E-state index in [0.717, 1.165) is 28.4 Å². The highest BCUT2D eigenvalue weighted by Gasteiger charge is 2.23. The summed E-state index contributed by atoms with van der Waals surface area (Å²) in [6, 6.07) is 126. The Bertz CT molecular complexity index is 7140. The fourth-order valence-corrected chi connectivity index (χ4v) is 17.1. The summed E-state index contributed by atoms with van der Waals surface area (Å²) in [7, 11) is 0. The Balaban J connectivity index is 0.614. The number of para-hydroxylation sites is 7. The smallest absolute Gasteiger partial charge is 0.0542 e. The van der Waals surface area contributed by atoms with Gasteiger partial charge in [0, 0.05) is 98.5 Å². The number of aromatic nitrogens is 6. The Labute approximate surface area is 561 Å². The molecule has 0 aliphatic rings. The molecule has 0 bridgehead atoms. The van der Waals surface area contributed by atoms with Gasteiger partial charge in [0.05, 0.1) is 71.9 Å². The zero-order valence-electron chi connectivity index (χ0n) is 53.0. The van der Waals surface area contributed by atoms with E-state index in [4.69, 9.17) is 0 Å². The van der Waals surface area contributed by atoms with Crippen LogP contribution in [0.4, 0.5) is 0 Å². The molecule has 22 rings (SSSR count). The zero-order valence-corrected chi connectivity index (χ0v) is 53.0. The van der Waals surface area contributed by atoms with Crippen molar-refractivity contribution in [2.45, 2.75) is 0 Å². The molecule has 454 valence electrons. The molecule has 0 aliphatic carbocycles. The minimum atomic E-state index is 1.13. The lowest BCUT2D eigenvalue weighted by molar-refractivity contribution is 1.16. The summed E-state index contributed by atoms with van der Waals surface area (Å²) < 4.78 is 14.7. The van der Waals surface area contributed by atoms with Crippen LogP contribution in [-0.4, -0.2) is 27.4 Å². The predicted molar refractivity (Wildman–Crippen MR) is 413 cm³/mol. The Morgan fingerprint density at radius 1 is 0.133 bits per heavy atom. The van der Waals surface area contributed by atoms with Crippen LogP contribution in [0.15, 0.2) is 340 Å². The minimum Gasteiger partial charge on any atom is -0.309 e. The number of nitrogens with zero attached hydrogens (tertiary/aromatic N) is 6. The Morgan fingerprint density at radius 3 is 0.806 bits per heavy atom. The Kier molecular flexibility index (Phi) is 11.0. The summed E-state index contributed by atoms with van der Waals surface area (Å²) in [6.07, 6.45) is 0. The summed E-state index contributed by atoms with van der Waals surface area (Å²) in [5, 5.41) is 19.6. The molecule has 0 amide bonds. The van der Waals surface area contributed by atoms with Crippen molar-refractivity contribution in [2.75, 3.05) is 0 Å². The van der Waals surface area contributed by atoms with Crippen molar-refractivity contribution in [1.29, 1.82) is 0 Å². The molecule has 16 aromatic carbocycles. The summed E-state index contributed by atoms with van der Waals surface area (Å²) in [5.74, 6) is 0. The van der Waals surface area contributed by atoms with Crippen LogP contribution < -0.4 is 0 Å². The van der Waals surface area contributed by atoms with Gasteiger partial charge in [-0.2, -0.15) is 0 Å². The second-order valence-corrected chi connectivity index (χ2v) is 26.4. The fourth-order valence-electron chi connectivity index (χ4n) is 17.1. The molecular formula is C92H56N6. The SMILES string of the molecule is c1ccc2c(-n3c4ccccc4c4cc(-n5c6ccccc6c6cc(-n7c8ccccc8c8cc(-c9ccc%10cc(-n%11c%12ccccc%12c%12cc(-n%13c%14ccccc%14c%14cc(-n%15c%16ccccc%16c%16ccccc%16%15)ccc%14%13)ccc%12%11)ccc%10c9)ccc87)ccc65)ccc43)cccc2c1. The molecular weight excluding hydrogens is 1190 g/mol. The van der Waals surface area contributed by atoms with Crippen LogP contribution in [0.1, 0.15) is 0 Å². The van der Waals surface area contributed by atoms with Gasteiger partial charge in [-0.1, -0.05) is 188 Å². The van der Waals surface area contributed by atoms with Crippen LogP contribution in [0.5, 0.6) is 0 Å². The first-order valence-corrected chi connectivity index (χ1v) is 33.8. The number of benzene rings is 16. The second-order valence-electron chi connectivity index (χ2n) is 26.4. The van der Waals surface area contributed by atoms with E-state index in [0.29, 0.717) is 0 Å². The summed E-state index contributed by atoms with van der Waals surface area (Å²) in [5.41, 5.74) is 23.5. The van der Waals surface area contributed by atoms with Gasteiger partial charge < -0.3 is 27.4 Å². The van der Waals surface area contributed by atoms with Crippen molar-refractivity contribution in [2.24, 2.45) is 0 Å². The van der Waals surface area contributed by atoms with Crippen molar-refractivity contribution in [3.05, 3.63) is 340 Å². The first kappa shape index (κ1) is 53.2. The van der Waals surface area contributed by atoms with Gasteiger partial charge in [-0.3, -0.25) is 0 Å². The molecule has 22 aromatic rings. The summed E-state index contributed by atoms with van der Waals surface area (Å²) in [4.78, 5) is 0. The lowest BCUT2D eigenvalue weighted by atomic mass is 9.99. The molecule has 0 N–H and O–H groups in total.